The summed E-state index contributed by atoms with van der Waals surface area (Å²) in [5.41, 5.74) is 1.31. The van der Waals surface area contributed by atoms with Crippen molar-refractivity contribution in [3.8, 4) is 0 Å². The van der Waals surface area contributed by atoms with Crippen LogP contribution in [-0.4, -0.2) is 38.6 Å². The molecular weight excluding hydrogens is 248 g/mol. The molecule has 0 bridgehead atoms. The van der Waals surface area contributed by atoms with Gasteiger partial charge in [-0.15, -0.1) is 5.10 Å². The standard InChI is InChI=1S/C11H10N6O2/c18-10-5-17(9-4-2-1-3-8(9)13-10)11(19)6-16-7-12-14-15-16/h1-4,7H,5-6H2,(H,13,18). The van der Waals surface area contributed by atoms with E-state index in [4.69, 9.17) is 0 Å². The van der Waals surface area contributed by atoms with E-state index in [1.807, 2.05) is 6.07 Å². The number of rotatable bonds is 2. The minimum absolute atomic E-state index is 0.00201. The maximum Gasteiger partial charge on any atom is 0.249 e. The topological polar surface area (TPSA) is 93.0 Å². The summed E-state index contributed by atoms with van der Waals surface area (Å²) < 4.78 is 1.32. The van der Waals surface area contributed by atoms with Gasteiger partial charge in [0.2, 0.25) is 11.8 Å². The second kappa shape index (κ2) is 4.48. The zero-order valence-corrected chi connectivity index (χ0v) is 9.85. The first-order valence-corrected chi connectivity index (χ1v) is 5.64. The molecule has 2 heterocycles. The van der Waals surface area contributed by atoms with E-state index in [1.165, 1.54) is 15.9 Å². The highest BCUT2D eigenvalue weighted by Crippen LogP contribution is 2.28. The van der Waals surface area contributed by atoms with Crippen LogP contribution in [0.4, 0.5) is 11.4 Å². The summed E-state index contributed by atoms with van der Waals surface area (Å²) in [5, 5.41) is 13.3. The lowest BCUT2D eigenvalue weighted by Crippen LogP contribution is -2.43. The van der Waals surface area contributed by atoms with Gasteiger partial charge in [-0.1, -0.05) is 12.1 Å². The van der Waals surface area contributed by atoms with Crippen molar-refractivity contribution in [1.29, 1.82) is 0 Å². The van der Waals surface area contributed by atoms with E-state index >= 15 is 0 Å². The van der Waals surface area contributed by atoms with Gasteiger partial charge < -0.3 is 5.32 Å². The largest absolute Gasteiger partial charge is 0.323 e. The van der Waals surface area contributed by atoms with Crippen molar-refractivity contribution in [2.45, 2.75) is 6.54 Å². The minimum atomic E-state index is -0.241. The van der Waals surface area contributed by atoms with Crippen LogP contribution in [0.2, 0.25) is 0 Å². The van der Waals surface area contributed by atoms with Gasteiger partial charge in [-0.2, -0.15) is 0 Å². The van der Waals surface area contributed by atoms with Gasteiger partial charge in [-0.3, -0.25) is 14.5 Å². The molecule has 8 heteroatoms. The van der Waals surface area contributed by atoms with Crippen molar-refractivity contribution in [2.75, 3.05) is 16.8 Å². The Morgan fingerprint density at radius 1 is 1.37 bits per heavy atom. The number of nitrogens with zero attached hydrogens (tertiary/aromatic N) is 5. The first-order valence-electron chi connectivity index (χ1n) is 5.64. The van der Waals surface area contributed by atoms with Crippen LogP contribution in [0.25, 0.3) is 0 Å². The fourth-order valence-electron chi connectivity index (χ4n) is 1.93. The lowest BCUT2D eigenvalue weighted by atomic mass is 10.2. The average Bonchev–Trinajstić information content (AvgIpc) is 2.90. The number of tetrazole rings is 1. The molecule has 1 aromatic carbocycles. The molecule has 8 nitrogen and oxygen atoms in total. The van der Waals surface area contributed by atoms with E-state index in [1.54, 1.807) is 18.2 Å². The van der Waals surface area contributed by atoms with Gasteiger partial charge in [0.05, 0.1) is 11.4 Å². The maximum absolute atomic E-state index is 12.2. The van der Waals surface area contributed by atoms with Crippen molar-refractivity contribution in [3.05, 3.63) is 30.6 Å². The molecule has 0 radical (unpaired) electrons. The third kappa shape index (κ3) is 2.15. The van der Waals surface area contributed by atoms with Crippen LogP contribution in [0.1, 0.15) is 0 Å². The van der Waals surface area contributed by atoms with Crippen LogP contribution in [-0.2, 0) is 16.1 Å². The zero-order valence-electron chi connectivity index (χ0n) is 9.85. The predicted octanol–water partition coefficient (Wildman–Crippen LogP) is -0.342. The molecule has 0 aliphatic carbocycles. The number of hydrogen-bond acceptors (Lipinski definition) is 5. The predicted molar refractivity (Wildman–Crippen MR) is 65.2 cm³/mol. The number of amides is 2. The molecule has 3 rings (SSSR count). The molecule has 1 aliphatic rings. The van der Waals surface area contributed by atoms with Gasteiger partial charge in [0.1, 0.15) is 19.4 Å². The number of carbonyl (C=O) groups excluding carboxylic acids is 2. The van der Waals surface area contributed by atoms with Crippen LogP contribution in [0.3, 0.4) is 0 Å². The Morgan fingerprint density at radius 2 is 2.21 bits per heavy atom. The van der Waals surface area contributed by atoms with E-state index in [9.17, 15) is 9.59 Å². The van der Waals surface area contributed by atoms with E-state index in [-0.39, 0.29) is 24.9 Å². The lowest BCUT2D eigenvalue weighted by Gasteiger charge is -2.28. The number of nitrogens with one attached hydrogen (secondary N) is 1. The normalized spacial score (nSPS) is 13.9. The summed E-state index contributed by atoms with van der Waals surface area (Å²) in [6, 6.07) is 7.15. The van der Waals surface area contributed by atoms with Gasteiger partial charge >= 0.3 is 0 Å². The Labute approximate surface area is 108 Å². The summed E-state index contributed by atoms with van der Waals surface area (Å²) >= 11 is 0. The Balaban J connectivity index is 1.88. The molecule has 1 N–H and O–H groups in total. The molecule has 0 spiro atoms. The van der Waals surface area contributed by atoms with Gasteiger partial charge in [0.15, 0.2) is 0 Å². The molecule has 96 valence electrons. The molecule has 1 aromatic heterocycles. The monoisotopic (exact) mass is 258 g/mol. The van der Waals surface area contributed by atoms with Crippen LogP contribution in [0, 0.1) is 0 Å². The lowest BCUT2D eigenvalue weighted by molar-refractivity contribution is -0.122. The SMILES string of the molecule is O=C1CN(C(=O)Cn2cnnn2)c2ccccc2N1. The minimum Gasteiger partial charge on any atom is -0.323 e. The zero-order chi connectivity index (χ0) is 13.2. The van der Waals surface area contributed by atoms with E-state index in [0.29, 0.717) is 11.4 Å². The number of carbonyl (C=O) groups is 2. The first-order chi connectivity index (χ1) is 9.24. The number of anilines is 2. The Kier molecular flexibility index (Phi) is 2.67. The summed E-state index contributed by atoms with van der Waals surface area (Å²) in [6.07, 6.45) is 1.35. The van der Waals surface area contributed by atoms with Crippen molar-refractivity contribution < 1.29 is 9.59 Å². The highest BCUT2D eigenvalue weighted by atomic mass is 16.2. The highest BCUT2D eigenvalue weighted by Gasteiger charge is 2.26. The summed E-state index contributed by atoms with van der Waals surface area (Å²) in [6.45, 7) is -0.00735. The summed E-state index contributed by atoms with van der Waals surface area (Å²) in [7, 11) is 0. The van der Waals surface area contributed by atoms with E-state index in [2.05, 4.69) is 20.8 Å². The fraction of sp³-hybridized carbons (Fsp3) is 0.182. The van der Waals surface area contributed by atoms with Crippen molar-refractivity contribution in [2.24, 2.45) is 0 Å². The van der Waals surface area contributed by atoms with Crippen molar-refractivity contribution in [1.82, 2.24) is 20.2 Å². The number of benzene rings is 1. The third-order valence-electron chi connectivity index (χ3n) is 2.76. The van der Waals surface area contributed by atoms with E-state index < -0.39 is 0 Å². The van der Waals surface area contributed by atoms with Gasteiger partial charge in [0, 0.05) is 0 Å². The molecule has 0 fully saturated rings. The summed E-state index contributed by atoms with van der Waals surface area (Å²) in [4.78, 5) is 25.2. The van der Waals surface area contributed by atoms with Gasteiger partial charge in [-0.25, -0.2) is 4.68 Å². The molecule has 19 heavy (non-hydrogen) atoms. The van der Waals surface area contributed by atoms with Crippen molar-refractivity contribution in [3.63, 3.8) is 0 Å². The number of fused-ring (bicyclic) bond motifs is 1. The number of hydrogen-bond donors (Lipinski definition) is 1. The average molecular weight is 258 g/mol. The molecule has 0 saturated carbocycles. The number of aromatic nitrogens is 4. The third-order valence-corrected chi connectivity index (χ3v) is 2.76. The molecular formula is C11H10N6O2. The second-order valence-electron chi connectivity index (χ2n) is 4.05. The Hall–Kier alpha value is -2.77. The highest BCUT2D eigenvalue weighted by molar-refractivity contribution is 6.09. The van der Waals surface area contributed by atoms with Crippen LogP contribution < -0.4 is 10.2 Å². The molecule has 0 unspecified atom stereocenters. The van der Waals surface area contributed by atoms with Crippen LogP contribution in [0.15, 0.2) is 30.6 Å². The smallest absolute Gasteiger partial charge is 0.249 e. The summed E-state index contributed by atoms with van der Waals surface area (Å²) in [5.74, 6) is -0.460. The molecule has 0 saturated heterocycles. The second-order valence-corrected chi connectivity index (χ2v) is 4.05. The van der Waals surface area contributed by atoms with Crippen LogP contribution >= 0.6 is 0 Å². The van der Waals surface area contributed by atoms with Crippen LogP contribution in [0.5, 0.6) is 0 Å². The molecule has 0 atom stereocenters. The Morgan fingerprint density at radius 3 is 3.00 bits per heavy atom. The fourth-order valence-corrected chi connectivity index (χ4v) is 1.93. The molecule has 1 aliphatic heterocycles. The van der Waals surface area contributed by atoms with Crippen molar-refractivity contribution >= 4 is 23.2 Å². The van der Waals surface area contributed by atoms with Gasteiger partial charge in [0.25, 0.3) is 0 Å². The first kappa shape index (κ1) is 11.3. The molecule has 2 amide bonds. The van der Waals surface area contributed by atoms with E-state index in [0.717, 1.165) is 0 Å². The quantitative estimate of drug-likeness (QED) is 0.795. The Bertz CT molecular complexity index is 624. The maximum atomic E-state index is 12.2. The number of para-hydroxylation sites is 2. The van der Waals surface area contributed by atoms with Gasteiger partial charge in [-0.05, 0) is 22.6 Å². The molecule has 2 aromatic rings.